The summed E-state index contributed by atoms with van der Waals surface area (Å²) in [4.78, 5) is 6.84. The monoisotopic (exact) mass is 344 g/mol. The minimum atomic E-state index is -0.311. The molecule has 24 heavy (non-hydrogen) atoms. The highest BCUT2D eigenvalue weighted by atomic mass is 35.5. The molecule has 0 amide bonds. The summed E-state index contributed by atoms with van der Waals surface area (Å²) in [5, 5.41) is 0.756. The first kappa shape index (κ1) is 16.0. The van der Waals surface area contributed by atoms with E-state index < -0.39 is 0 Å². The third kappa shape index (κ3) is 3.33. The van der Waals surface area contributed by atoms with Crippen LogP contribution in [0.2, 0.25) is 5.02 Å². The quantitative estimate of drug-likeness (QED) is 0.849. The summed E-state index contributed by atoms with van der Waals surface area (Å²) >= 11 is 6.31. The fraction of sp³-hybridized carbons (Fsp3) is 0.421. The molecule has 4 rings (SSSR count). The minimum absolute atomic E-state index is 0.311. The zero-order valence-electron chi connectivity index (χ0n) is 13.6. The average Bonchev–Trinajstić information content (AvgIpc) is 3.06. The Morgan fingerprint density at radius 1 is 1.08 bits per heavy atom. The Balaban J connectivity index is 1.44. The summed E-state index contributed by atoms with van der Waals surface area (Å²) in [7, 11) is 0. The molecule has 0 saturated carbocycles. The van der Waals surface area contributed by atoms with Crippen molar-refractivity contribution in [1.29, 1.82) is 0 Å². The van der Waals surface area contributed by atoms with Crippen LogP contribution in [-0.4, -0.2) is 42.0 Å². The van der Waals surface area contributed by atoms with Gasteiger partial charge in [0.05, 0.1) is 13.2 Å². The summed E-state index contributed by atoms with van der Waals surface area (Å²) in [6.07, 6.45) is 5.68. The van der Waals surface area contributed by atoms with E-state index in [1.165, 1.54) is 5.56 Å². The molecule has 5 heteroatoms. The minimum Gasteiger partial charge on any atom is -0.347 e. The molecule has 0 N–H and O–H groups in total. The first-order valence-corrected chi connectivity index (χ1v) is 8.81. The van der Waals surface area contributed by atoms with Crippen molar-refractivity contribution in [2.45, 2.75) is 25.2 Å². The van der Waals surface area contributed by atoms with Gasteiger partial charge in [0, 0.05) is 61.0 Å². The van der Waals surface area contributed by atoms with Crippen molar-refractivity contribution >= 4 is 11.6 Å². The zero-order chi connectivity index (χ0) is 16.4. The number of likely N-dealkylation sites (tertiary alicyclic amines) is 1. The van der Waals surface area contributed by atoms with Crippen molar-refractivity contribution in [1.82, 2.24) is 9.88 Å². The predicted octanol–water partition coefficient (Wildman–Crippen LogP) is 3.74. The first-order valence-electron chi connectivity index (χ1n) is 8.43. The van der Waals surface area contributed by atoms with Crippen LogP contribution in [0, 0.1) is 0 Å². The third-order valence-corrected chi connectivity index (χ3v) is 5.15. The van der Waals surface area contributed by atoms with Gasteiger partial charge in [0.2, 0.25) is 0 Å². The van der Waals surface area contributed by atoms with E-state index in [0.717, 1.165) is 61.8 Å². The number of hydrogen-bond acceptors (Lipinski definition) is 4. The lowest BCUT2D eigenvalue weighted by atomic mass is 10.0. The Morgan fingerprint density at radius 3 is 2.58 bits per heavy atom. The van der Waals surface area contributed by atoms with Crippen LogP contribution in [0.15, 0.2) is 42.7 Å². The Hall–Kier alpha value is -1.46. The number of aromatic nitrogens is 1. The molecule has 0 aliphatic carbocycles. The van der Waals surface area contributed by atoms with Gasteiger partial charge in [0.1, 0.15) is 0 Å². The van der Waals surface area contributed by atoms with Gasteiger partial charge in [0.25, 0.3) is 0 Å². The van der Waals surface area contributed by atoms with Gasteiger partial charge < -0.3 is 9.47 Å². The molecule has 2 aromatic rings. The summed E-state index contributed by atoms with van der Waals surface area (Å²) in [5.74, 6) is -0.311. The number of hydrogen-bond donors (Lipinski definition) is 0. The molecule has 2 fully saturated rings. The van der Waals surface area contributed by atoms with Gasteiger partial charge in [-0.1, -0.05) is 29.8 Å². The van der Waals surface area contributed by atoms with E-state index in [4.69, 9.17) is 21.1 Å². The highest BCUT2D eigenvalue weighted by molar-refractivity contribution is 6.33. The van der Waals surface area contributed by atoms with Gasteiger partial charge in [0.15, 0.2) is 5.79 Å². The molecule has 0 radical (unpaired) electrons. The molecular formula is C19H21ClN2O2. The largest absolute Gasteiger partial charge is 0.347 e. The van der Waals surface area contributed by atoms with Crippen LogP contribution in [0.3, 0.4) is 0 Å². The second-order valence-corrected chi connectivity index (χ2v) is 6.85. The van der Waals surface area contributed by atoms with Crippen molar-refractivity contribution in [3.8, 4) is 11.1 Å². The maximum atomic E-state index is 6.31. The normalized spacial score (nSPS) is 20.5. The Morgan fingerprint density at radius 2 is 1.83 bits per heavy atom. The van der Waals surface area contributed by atoms with E-state index in [2.05, 4.69) is 16.0 Å². The van der Waals surface area contributed by atoms with Gasteiger partial charge >= 0.3 is 0 Å². The standard InChI is InChI=1S/C19H21ClN2O2/c20-18-4-2-1-3-17(18)16-11-15(12-21-13-16)14-22-7-5-19(6-8-22)23-9-10-24-19/h1-4,11-13H,5-10,14H2. The highest BCUT2D eigenvalue weighted by Gasteiger charge is 2.39. The SMILES string of the molecule is Clc1ccccc1-c1cncc(CN2CCC3(CC2)OCCO3)c1. The van der Waals surface area contributed by atoms with Crippen LogP contribution in [0.1, 0.15) is 18.4 Å². The zero-order valence-corrected chi connectivity index (χ0v) is 14.3. The van der Waals surface area contributed by atoms with Crippen molar-refractivity contribution < 1.29 is 9.47 Å². The third-order valence-electron chi connectivity index (χ3n) is 4.82. The fourth-order valence-corrected chi connectivity index (χ4v) is 3.76. The summed E-state index contributed by atoms with van der Waals surface area (Å²) in [5.41, 5.74) is 3.30. The summed E-state index contributed by atoms with van der Waals surface area (Å²) in [6.45, 7) is 4.31. The van der Waals surface area contributed by atoms with E-state index >= 15 is 0 Å². The number of benzene rings is 1. The van der Waals surface area contributed by atoms with Crippen LogP contribution >= 0.6 is 11.6 Å². The fourth-order valence-electron chi connectivity index (χ4n) is 3.51. The van der Waals surface area contributed by atoms with Gasteiger partial charge in [-0.05, 0) is 17.7 Å². The number of halogens is 1. The number of ether oxygens (including phenoxy) is 2. The smallest absolute Gasteiger partial charge is 0.170 e. The molecule has 2 saturated heterocycles. The number of nitrogens with zero attached hydrogens (tertiary/aromatic N) is 2. The number of rotatable bonds is 3. The predicted molar refractivity (Wildman–Crippen MR) is 93.8 cm³/mol. The summed E-state index contributed by atoms with van der Waals surface area (Å²) < 4.78 is 11.6. The Labute approximate surface area is 147 Å². The molecule has 4 nitrogen and oxygen atoms in total. The summed E-state index contributed by atoms with van der Waals surface area (Å²) in [6, 6.07) is 10.1. The molecule has 126 valence electrons. The van der Waals surface area contributed by atoms with E-state index in [1.807, 2.05) is 36.7 Å². The molecule has 2 aliphatic heterocycles. The van der Waals surface area contributed by atoms with Crippen LogP contribution in [0.5, 0.6) is 0 Å². The lowest BCUT2D eigenvalue weighted by molar-refractivity contribution is -0.185. The number of piperidine rings is 1. The Kier molecular flexibility index (Phi) is 4.55. The van der Waals surface area contributed by atoms with Crippen LogP contribution < -0.4 is 0 Å². The van der Waals surface area contributed by atoms with Crippen molar-refractivity contribution in [3.05, 3.63) is 53.3 Å². The van der Waals surface area contributed by atoms with Crippen LogP contribution in [0.25, 0.3) is 11.1 Å². The van der Waals surface area contributed by atoms with Crippen LogP contribution in [-0.2, 0) is 16.0 Å². The lowest BCUT2D eigenvalue weighted by Gasteiger charge is -2.37. The maximum Gasteiger partial charge on any atom is 0.170 e. The molecule has 1 aromatic heterocycles. The van der Waals surface area contributed by atoms with Gasteiger partial charge in [-0.15, -0.1) is 0 Å². The molecule has 0 atom stereocenters. The molecule has 1 aromatic carbocycles. The Bertz CT molecular complexity index is 706. The molecule has 1 spiro atoms. The van der Waals surface area contributed by atoms with E-state index in [-0.39, 0.29) is 5.79 Å². The maximum absolute atomic E-state index is 6.31. The van der Waals surface area contributed by atoms with Gasteiger partial charge in [-0.25, -0.2) is 0 Å². The molecule has 3 heterocycles. The van der Waals surface area contributed by atoms with Gasteiger partial charge in [-0.3, -0.25) is 9.88 Å². The topological polar surface area (TPSA) is 34.6 Å². The number of pyridine rings is 1. The van der Waals surface area contributed by atoms with Crippen molar-refractivity contribution in [3.63, 3.8) is 0 Å². The molecule has 2 aliphatic rings. The van der Waals surface area contributed by atoms with E-state index in [1.54, 1.807) is 0 Å². The van der Waals surface area contributed by atoms with Gasteiger partial charge in [-0.2, -0.15) is 0 Å². The molecule has 0 unspecified atom stereocenters. The van der Waals surface area contributed by atoms with Crippen LogP contribution in [0.4, 0.5) is 0 Å². The second-order valence-electron chi connectivity index (χ2n) is 6.45. The van der Waals surface area contributed by atoms with Crippen molar-refractivity contribution in [2.75, 3.05) is 26.3 Å². The lowest BCUT2D eigenvalue weighted by Crippen LogP contribution is -2.44. The first-order chi connectivity index (χ1) is 11.7. The van der Waals surface area contributed by atoms with E-state index in [9.17, 15) is 0 Å². The highest BCUT2D eigenvalue weighted by Crippen LogP contribution is 2.32. The molecular weight excluding hydrogens is 324 g/mol. The van der Waals surface area contributed by atoms with E-state index in [0.29, 0.717) is 0 Å². The average molecular weight is 345 g/mol. The van der Waals surface area contributed by atoms with Crippen molar-refractivity contribution in [2.24, 2.45) is 0 Å². The second kappa shape index (κ2) is 6.81. The molecule has 0 bridgehead atoms.